The Morgan fingerprint density at radius 3 is 2.18 bits per heavy atom. The fourth-order valence-electron chi connectivity index (χ4n) is 5.06. The number of nitrogens with zero attached hydrogens (tertiary/aromatic N) is 3. The molecule has 0 bridgehead atoms. The first kappa shape index (κ1) is 22.1. The summed E-state index contributed by atoms with van der Waals surface area (Å²) >= 11 is 0. The van der Waals surface area contributed by atoms with Gasteiger partial charge in [-0.25, -0.2) is 0 Å². The number of rotatable bonds is 7. The molecule has 2 aliphatic rings. The molecule has 0 unspecified atom stereocenters. The molecule has 174 valence electrons. The third kappa shape index (κ3) is 4.51. The number of amides is 3. The van der Waals surface area contributed by atoms with Crippen molar-refractivity contribution < 1.29 is 14.4 Å². The Morgan fingerprint density at radius 2 is 1.53 bits per heavy atom. The van der Waals surface area contributed by atoms with Crippen molar-refractivity contribution in [2.75, 3.05) is 6.54 Å². The number of imide groups is 1. The van der Waals surface area contributed by atoms with Crippen LogP contribution in [-0.4, -0.2) is 38.9 Å². The Hall–Kier alpha value is -3.74. The van der Waals surface area contributed by atoms with Crippen LogP contribution in [0.4, 0.5) is 0 Å². The van der Waals surface area contributed by atoms with Gasteiger partial charge in [0.1, 0.15) is 6.54 Å². The van der Waals surface area contributed by atoms with Crippen LogP contribution in [0, 0.1) is 11.8 Å². The SMILES string of the molecule is O=C(CN1C(=O)[C@H]2CCCC[C@@H]2C1=O)NCc1cn(Cc2ccccc2)nc1-c1ccccc1. The number of carbonyl (C=O) groups excluding carboxylic acids is 3. The van der Waals surface area contributed by atoms with Gasteiger partial charge < -0.3 is 5.32 Å². The van der Waals surface area contributed by atoms with Gasteiger partial charge in [-0.1, -0.05) is 73.5 Å². The highest BCUT2D eigenvalue weighted by Gasteiger charge is 2.48. The van der Waals surface area contributed by atoms with Gasteiger partial charge >= 0.3 is 0 Å². The molecule has 7 nitrogen and oxygen atoms in total. The first-order valence-electron chi connectivity index (χ1n) is 11.9. The molecule has 5 rings (SSSR count). The second-order valence-electron chi connectivity index (χ2n) is 9.09. The van der Waals surface area contributed by atoms with Gasteiger partial charge in [0.05, 0.1) is 24.1 Å². The Bertz CT molecular complexity index is 1170. The zero-order valence-electron chi connectivity index (χ0n) is 19.0. The predicted molar refractivity (Wildman–Crippen MR) is 127 cm³/mol. The molecule has 34 heavy (non-hydrogen) atoms. The summed E-state index contributed by atoms with van der Waals surface area (Å²) in [7, 11) is 0. The van der Waals surface area contributed by atoms with E-state index in [-0.39, 0.29) is 42.6 Å². The van der Waals surface area contributed by atoms with E-state index in [0.29, 0.717) is 6.54 Å². The van der Waals surface area contributed by atoms with Crippen molar-refractivity contribution >= 4 is 17.7 Å². The van der Waals surface area contributed by atoms with Gasteiger partial charge in [-0.2, -0.15) is 5.10 Å². The molecule has 1 N–H and O–H groups in total. The smallest absolute Gasteiger partial charge is 0.240 e. The summed E-state index contributed by atoms with van der Waals surface area (Å²) in [5.74, 6) is -1.20. The van der Waals surface area contributed by atoms with Gasteiger partial charge in [-0.05, 0) is 18.4 Å². The molecule has 1 saturated heterocycles. The molecule has 1 saturated carbocycles. The lowest BCUT2D eigenvalue weighted by molar-refractivity contribution is -0.143. The number of benzene rings is 2. The molecule has 3 aromatic rings. The average molecular weight is 457 g/mol. The van der Waals surface area contributed by atoms with Crippen LogP contribution in [0.1, 0.15) is 36.8 Å². The average Bonchev–Trinajstić information content (AvgIpc) is 3.38. The maximum atomic E-state index is 12.7. The monoisotopic (exact) mass is 456 g/mol. The lowest BCUT2D eigenvalue weighted by atomic mass is 9.81. The zero-order chi connectivity index (χ0) is 23.5. The van der Waals surface area contributed by atoms with Crippen LogP contribution in [0.3, 0.4) is 0 Å². The molecule has 0 radical (unpaired) electrons. The minimum absolute atomic E-state index is 0.189. The van der Waals surface area contributed by atoms with Crippen LogP contribution in [0.25, 0.3) is 11.3 Å². The van der Waals surface area contributed by atoms with Crippen molar-refractivity contribution in [1.29, 1.82) is 0 Å². The van der Waals surface area contributed by atoms with Crippen LogP contribution < -0.4 is 5.32 Å². The molecule has 3 amide bonds. The molecule has 7 heteroatoms. The first-order chi connectivity index (χ1) is 16.6. The Balaban J connectivity index is 1.29. The highest BCUT2D eigenvalue weighted by atomic mass is 16.2. The van der Waals surface area contributed by atoms with E-state index in [2.05, 4.69) is 5.32 Å². The van der Waals surface area contributed by atoms with E-state index in [9.17, 15) is 14.4 Å². The second-order valence-corrected chi connectivity index (χ2v) is 9.09. The molecular formula is C27H28N4O3. The van der Waals surface area contributed by atoms with Crippen molar-refractivity contribution in [3.63, 3.8) is 0 Å². The molecule has 2 aromatic carbocycles. The summed E-state index contributed by atoms with van der Waals surface area (Å²) < 4.78 is 1.87. The molecule has 1 aromatic heterocycles. The number of hydrogen-bond acceptors (Lipinski definition) is 4. The van der Waals surface area contributed by atoms with Gasteiger partial charge in [0.15, 0.2) is 0 Å². The summed E-state index contributed by atoms with van der Waals surface area (Å²) in [6.07, 6.45) is 5.37. The zero-order valence-corrected chi connectivity index (χ0v) is 19.0. The molecule has 2 fully saturated rings. The summed E-state index contributed by atoms with van der Waals surface area (Å²) in [4.78, 5) is 39.3. The topological polar surface area (TPSA) is 84.3 Å². The van der Waals surface area contributed by atoms with Gasteiger partial charge in [-0.15, -0.1) is 0 Å². The van der Waals surface area contributed by atoms with E-state index in [4.69, 9.17) is 5.10 Å². The molecule has 1 aliphatic heterocycles. The van der Waals surface area contributed by atoms with Gasteiger partial charge in [0, 0.05) is 23.9 Å². The van der Waals surface area contributed by atoms with Crippen LogP contribution >= 0.6 is 0 Å². The number of fused-ring (bicyclic) bond motifs is 1. The van der Waals surface area contributed by atoms with Crippen molar-refractivity contribution in [3.05, 3.63) is 78.0 Å². The highest BCUT2D eigenvalue weighted by Crippen LogP contribution is 2.37. The van der Waals surface area contributed by atoms with Gasteiger partial charge in [0.2, 0.25) is 17.7 Å². The third-order valence-electron chi connectivity index (χ3n) is 6.78. The van der Waals surface area contributed by atoms with E-state index >= 15 is 0 Å². The number of carbonyl (C=O) groups is 3. The maximum Gasteiger partial charge on any atom is 0.240 e. The lowest BCUT2D eigenvalue weighted by Crippen LogP contribution is -2.40. The van der Waals surface area contributed by atoms with E-state index < -0.39 is 0 Å². The summed E-state index contributed by atoms with van der Waals surface area (Å²) in [5, 5.41) is 7.67. The van der Waals surface area contributed by atoms with Gasteiger partial charge in [0.25, 0.3) is 0 Å². The summed E-state index contributed by atoms with van der Waals surface area (Å²) in [6.45, 7) is 0.665. The van der Waals surface area contributed by atoms with E-state index in [1.807, 2.05) is 71.5 Å². The first-order valence-corrected chi connectivity index (χ1v) is 11.9. The van der Waals surface area contributed by atoms with Crippen molar-refractivity contribution in [2.24, 2.45) is 11.8 Å². The molecular weight excluding hydrogens is 428 g/mol. The fraction of sp³-hybridized carbons (Fsp3) is 0.333. The van der Waals surface area contributed by atoms with Gasteiger partial charge in [-0.3, -0.25) is 24.0 Å². The van der Waals surface area contributed by atoms with Crippen molar-refractivity contribution in [3.8, 4) is 11.3 Å². The fourth-order valence-corrected chi connectivity index (χ4v) is 5.06. The summed E-state index contributed by atoms with van der Waals surface area (Å²) in [5.41, 5.74) is 3.78. The van der Waals surface area contributed by atoms with E-state index in [0.717, 1.165) is 53.0 Å². The van der Waals surface area contributed by atoms with Crippen LogP contribution in [-0.2, 0) is 27.5 Å². The maximum absolute atomic E-state index is 12.7. The Labute approximate surface area is 198 Å². The number of likely N-dealkylation sites (tertiary alicyclic amines) is 1. The van der Waals surface area contributed by atoms with E-state index in [1.165, 1.54) is 0 Å². The van der Waals surface area contributed by atoms with Crippen LogP contribution in [0.15, 0.2) is 66.9 Å². The molecule has 2 heterocycles. The molecule has 0 spiro atoms. The Kier molecular flexibility index (Phi) is 6.25. The number of nitrogens with one attached hydrogen (secondary N) is 1. The number of hydrogen-bond donors (Lipinski definition) is 1. The van der Waals surface area contributed by atoms with E-state index in [1.54, 1.807) is 0 Å². The lowest BCUT2D eigenvalue weighted by Gasteiger charge is -2.19. The standard InChI is InChI=1S/C27H28N4O3/c32-24(18-31-26(33)22-13-7-8-14-23(22)27(31)34)28-15-21-17-30(16-19-9-3-1-4-10-19)29-25(21)20-11-5-2-6-12-20/h1-6,9-12,17,22-23H,7-8,13-16,18H2,(H,28,32)/t22-,23-/m0/s1. The van der Waals surface area contributed by atoms with Crippen molar-refractivity contribution in [2.45, 2.75) is 38.8 Å². The second kappa shape index (κ2) is 9.63. The highest BCUT2D eigenvalue weighted by molar-refractivity contribution is 6.07. The minimum Gasteiger partial charge on any atom is -0.350 e. The predicted octanol–water partition coefficient (Wildman–Crippen LogP) is 3.39. The minimum atomic E-state index is -0.338. The summed E-state index contributed by atoms with van der Waals surface area (Å²) in [6, 6.07) is 19.9. The number of aromatic nitrogens is 2. The quantitative estimate of drug-likeness (QED) is 0.553. The van der Waals surface area contributed by atoms with Crippen LogP contribution in [0.2, 0.25) is 0 Å². The van der Waals surface area contributed by atoms with Crippen LogP contribution in [0.5, 0.6) is 0 Å². The molecule has 1 aliphatic carbocycles. The van der Waals surface area contributed by atoms with Crippen molar-refractivity contribution in [1.82, 2.24) is 20.0 Å². The Morgan fingerprint density at radius 1 is 0.912 bits per heavy atom. The third-order valence-corrected chi connectivity index (χ3v) is 6.78. The largest absolute Gasteiger partial charge is 0.350 e. The molecule has 2 atom stereocenters. The normalized spacial score (nSPS) is 19.8.